The van der Waals surface area contributed by atoms with Gasteiger partial charge in [-0.1, -0.05) is 36.4 Å². The summed E-state index contributed by atoms with van der Waals surface area (Å²) in [6.07, 6.45) is 2.76. The van der Waals surface area contributed by atoms with Crippen molar-refractivity contribution in [3.63, 3.8) is 0 Å². The van der Waals surface area contributed by atoms with E-state index in [0.717, 1.165) is 5.56 Å². The monoisotopic (exact) mass is 318 g/mol. The van der Waals surface area contributed by atoms with E-state index >= 15 is 0 Å². The first-order chi connectivity index (χ1) is 9.10. The molecule has 0 fully saturated rings. The van der Waals surface area contributed by atoms with E-state index < -0.39 is 10.0 Å². The Kier molecular flexibility index (Phi) is 9.50. The fraction of sp³-hybridized carbons (Fsp3) is 0.429. The van der Waals surface area contributed by atoms with Crippen LogP contribution in [0.4, 0.5) is 0 Å². The molecule has 0 heterocycles. The maximum absolute atomic E-state index is 12.2. The average Bonchev–Trinajstić information content (AvgIpc) is 2.42. The minimum atomic E-state index is -3.25. The van der Waals surface area contributed by atoms with Crippen LogP contribution in [0.2, 0.25) is 0 Å². The molecule has 0 spiro atoms. The van der Waals surface area contributed by atoms with Gasteiger partial charge in [0.2, 0.25) is 10.0 Å². The van der Waals surface area contributed by atoms with Crippen molar-refractivity contribution < 1.29 is 8.42 Å². The van der Waals surface area contributed by atoms with E-state index in [1.165, 1.54) is 4.31 Å². The number of halogens is 1. The normalized spacial score (nSPS) is 11.1. The quantitative estimate of drug-likeness (QED) is 0.710. The van der Waals surface area contributed by atoms with Crippen molar-refractivity contribution in [2.45, 2.75) is 19.4 Å². The molecule has 4 nitrogen and oxygen atoms in total. The van der Waals surface area contributed by atoms with Crippen LogP contribution in [-0.2, 0) is 16.6 Å². The second kappa shape index (κ2) is 9.94. The Labute approximate surface area is 128 Å². The van der Waals surface area contributed by atoms with E-state index in [0.29, 0.717) is 32.5 Å². The van der Waals surface area contributed by atoms with E-state index in [9.17, 15) is 8.42 Å². The van der Waals surface area contributed by atoms with Crippen molar-refractivity contribution in [2.24, 2.45) is 5.73 Å². The molecule has 0 aliphatic rings. The number of nitrogens with two attached hydrogens (primary N) is 1. The standard InChI is InChI=1S/C14H22N2O2S.ClH/c1-2-3-12-19(17,18)16(11-7-10-15)13-14-8-5-4-6-9-14;/h2,4-6,8-9H,1,3,7,10-13,15H2;1H. The van der Waals surface area contributed by atoms with Crippen molar-refractivity contribution in [1.29, 1.82) is 0 Å². The summed E-state index contributed by atoms with van der Waals surface area (Å²) in [5, 5.41) is 0. The van der Waals surface area contributed by atoms with Gasteiger partial charge in [-0.15, -0.1) is 19.0 Å². The molecule has 2 N–H and O–H groups in total. The van der Waals surface area contributed by atoms with Crippen LogP contribution in [-0.4, -0.2) is 31.6 Å². The summed E-state index contributed by atoms with van der Waals surface area (Å²) in [4.78, 5) is 0. The Morgan fingerprint density at radius 3 is 2.45 bits per heavy atom. The average molecular weight is 319 g/mol. The van der Waals surface area contributed by atoms with Crippen LogP contribution in [0.25, 0.3) is 0 Å². The smallest absolute Gasteiger partial charge is 0.214 e. The van der Waals surface area contributed by atoms with E-state index in [1.807, 2.05) is 30.3 Å². The van der Waals surface area contributed by atoms with Gasteiger partial charge in [-0.3, -0.25) is 0 Å². The fourth-order valence-corrected chi connectivity index (χ4v) is 3.21. The summed E-state index contributed by atoms with van der Waals surface area (Å²) < 4.78 is 26.0. The third-order valence-corrected chi connectivity index (χ3v) is 4.64. The Morgan fingerprint density at radius 2 is 1.90 bits per heavy atom. The van der Waals surface area contributed by atoms with Crippen molar-refractivity contribution in [3.8, 4) is 0 Å². The molecular weight excluding hydrogens is 296 g/mol. The molecule has 1 aromatic rings. The van der Waals surface area contributed by atoms with Gasteiger partial charge in [0.05, 0.1) is 5.75 Å². The molecule has 0 bridgehead atoms. The van der Waals surface area contributed by atoms with Crippen molar-refractivity contribution in [1.82, 2.24) is 4.31 Å². The van der Waals surface area contributed by atoms with Gasteiger partial charge in [-0.25, -0.2) is 8.42 Å². The van der Waals surface area contributed by atoms with Crippen LogP contribution in [0.3, 0.4) is 0 Å². The maximum atomic E-state index is 12.2. The molecule has 0 aromatic heterocycles. The first-order valence-electron chi connectivity index (χ1n) is 6.43. The Bertz CT molecular complexity index is 477. The minimum Gasteiger partial charge on any atom is -0.330 e. The van der Waals surface area contributed by atoms with Crippen LogP contribution >= 0.6 is 12.4 Å². The van der Waals surface area contributed by atoms with Crippen molar-refractivity contribution >= 4 is 22.4 Å². The molecule has 20 heavy (non-hydrogen) atoms. The number of sulfonamides is 1. The lowest BCUT2D eigenvalue weighted by Crippen LogP contribution is -2.34. The Balaban J connectivity index is 0.00000361. The van der Waals surface area contributed by atoms with Crippen LogP contribution < -0.4 is 5.73 Å². The number of benzene rings is 1. The number of rotatable bonds is 9. The van der Waals surface area contributed by atoms with Crippen molar-refractivity contribution in [3.05, 3.63) is 48.6 Å². The fourth-order valence-electron chi connectivity index (χ4n) is 1.73. The van der Waals surface area contributed by atoms with Gasteiger partial charge in [0.25, 0.3) is 0 Å². The van der Waals surface area contributed by atoms with Gasteiger partial charge in [-0.2, -0.15) is 4.31 Å². The first-order valence-corrected chi connectivity index (χ1v) is 8.04. The van der Waals surface area contributed by atoms with E-state index in [2.05, 4.69) is 6.58 Å². The highest BCUT2D eigenvalue weighted by Gasteiger charge is 2.20. The summed E-state index contributed by atoms with van der Waals surface area (Å²) in [6.45, 7) is 4.92. The number of hydrogen-bond donors (Lipinski definition) is 1. The van der Waals surface area contributed by atoms with Crippen LogP contribution in [0.15, 0.2) is 43.0 Å². The molecule has 1 aromatic carbocycles. The predicted molar refractivity (Wildman–Crippen MR) is 86.4 cm³/mol. The highest BCUT2D eigenvalue weighted by atomic mass is 35.5. The molecule has 0 saturated carbocycles. The molecule has 114 valence electrons. The number of allylic oxidation sites excluding steroid dienone is 1. The van der Waals surface area contributed by atoms with Gasteiger partial charge in [0.15, 0.2) is 0 Å². The molecule has 0 aliphatic carbocycles. The second-order valence-electron chi connectivity index (χ2n) is 4.35. The summed E-state index contributed by atoms with van der Waals surface area (Å²) in [5.41, 5.74) is 6.46. The summed E-state index contributed by atoms with van der Waals surface area (Å²) in [7, 11) is -3.25. The van der Waals surface area contributed by atoms with E-state index in [-0.39, 0.29) is 18.2 Å². The van der Waals surface area contributed by atoms with Crippen molar-refractivity contribution in [2.75, 3.05) is 18.8 Å². The molecule has 0 unspecified atom stereocenters. The predicted octanol–water partition coefficient (Wildman–Crippen LogP) is 2.17. The topological polar surface area (TPSA) is 63.4 Å². The summed E-state index contributed by atoms with van der Waals surface area (Å²) in [6, 6.07) is 9.59. The van der Waals surface area contributed by atoms with Gasteiger partial charge in [-0.05, 0) is 24.9 Å². The molecule has 0 aliphatic heterocycles. The summed E-state index contributed by atoms with van der Waals surface area (Å²) in [5.74, 6) is 0.105. The largest absolute Gasteiger partial charge is 0.330 e. The molecule has 0 saturated heterocycles. The highest BCUT2D eigenvalue weighted by Crippen LogP contribution is 2.11. The molecule has 6 heteroatoms. The maximum Gasteiger partial charge on any atom is 0.214 e. The lowest BCUT2D eigenvalue weighted by Gasteiger charge is -2.21. The van der Waals surface area contributed by atoms with Crippen LogP contribution in [0, 0.1) is 0 Å². The first kappa shape index (κ1) is 19.1. The zero-order valence-corrected chi connectivity index (χ0v) is 13.2. The zero-order valence-electron chi connectivity index (χ0n) is 11.6. The lowest BCUT2D eigenvalue weighted by atomic mass is 10.2. The van der Waals surface area contributed by atoms with Crippen LogP contribution in [0.1, 0.15) is 18.4 Å². The molecular formula is C14H23ClN2O2S. The Morgan fingerprint density at radius 1 is 1.25 bits per heavy atom. The third kappa shape index (κ3) is 6.52. The minimum absolute atomic E-state index is 0. The molecule has 0 atom stereocenters. The highest BCUT2D eigenvalue weighted by molar-refractivity contribution is 7.89. The van der Waals surface area contributed by atoms with Gasteiger partial charge in [0, 0.05) is 13.1 Å². The van der Waals surface area contributed by atoms with Gasteiger partial charge >= 0.3 is 0 Å². The van der Waals surface area contributed by atoms with Gasteiger partial charge in [0.1, 0.15) is 0 Å². The van der Waals surface area contributed by atoms with E-state index in [4.69, 9.17) is 5.73 Å². The van der Waals surface area contributed by atoms with Crippen LogP contribution in [0.5, 0.6) is 0 Å². The molecule has 0 radical (unpaired) electrons. The molecule has 0 amide bonds. The SMILES string of the molecule is C=CCCS(=O)(=O)N(CCCN)Cc1ccccc1.Cl. The number of hydrogen-bond acceptors (Lipinski definition) is 3. The third-order valence-electron chi connectivity index (χ3n) is 2.79. The number of nitrogens with zero attached hydrogens (tertiary/aromatic N) is 1. The Hall–Kier alpha value is -0.880. The van der Waals surface area contributed by atoms with Gasteiger partial charge < -0.3 is 5.73 Å². The molecule has 1 rings (SSSR count). The summed E-state index contributed by atoms with van der Waals surface area (Å²) >= 11 is 0. The second-order valence-corrected chi connectivity index (χ2v) is 6.44. The zero-order chi connectivity index (χ0) is 14.1. The van der Waals surface area contributed by atoms with E-state index in [1.54, 1.807) is 6.08 Å². The lowest BCUT2D eigenvalue weighted by molar-refractivity contribution is 0.402.